The monoisotopic (exact) mass is 258 g/mol. The third-order valence-corrected chi connectivity index (χ3v) is 4.38. The molecule has 2 unspecified atom stereocenters. The van der Waals surface area contributed by atoms with Crippen LogP contribution in [0.1, 0.15) is 46.5 Å². The second kappa shape index (κ2) is 6.64. The fourth-order valence-electron chi connectivity index (χ4n) is 2.33. The van der Waals surface area contributed by atoms with Gasteiger partial charge < -0.3 is 4.90 Å². The molecule has 2 atom stereocenters. The Morgan fingerprint density at radius 2 is 2.12 bits per heavy atom. The number of carbonyl (C=O) groups excluding carboxylic acids is 1. The van der Waals surface area contributed by atoms with E-state index in [2.05, 4.69) is 25.4 Å². The average Bonchev–Trinajstić information content (AvgIpc) is 2.59. The first kappa shape index (κ1) is 14.8. The zero-order valence-electron chi connectivity index (χ0n) is 11.6. The van der Waals surface area contributed by atoms with Crippen LogP contribution in [0.3, 0.4) is 0 Å². The van der Waals surface area contributed by atoms with Gasteiger partial charge in [-0.3, -0.25) is 10.1 Å². The third kappa shape index (κ3) is 3.38. The van der Waals surface area contributed by atoms with E-state index in [9.17, 15) is 4.79 Å². The molecule has 0 aromatic carbocycles. The normalized spacial score (nSPS) is 29.1. The molecule has 0 aromatic heterocycles. The van der Waals surface area contributed by atoms with Crippen molar-refractivity contribution in [1.82, 2.24) is 10.2 Å². The fraction of sp³-hybridized carbons (Fsp3) is 0.923. The van der Waals surface area contributed by atoms with Crippen molar-refractivity contribution in [2.75, 3.05) is 18.6 Å². The maximum absolute atomic E-state index is 12.3. The van der Waals surface area contributed by atoms with Crippen molar-refractivity contribution >= 4 is 17.7 Å². The summed E-state index contributed by atoms with van der Waals surface area (Å²) in [6.07, 6.45) is 6.54. The lowest BCUT2D eigenvalue weighted by atomic mass is 9.99. The summed E-state index contributed by atoms with van der Waals surface area (Å²) >= 11 is 1.88. The highest BCUT2D eigenvalue weighted by Crippen LogP contribution is 2.25. The number of amides is 1. The van der Waals surface area contributed by atoms with Gasteiger partial charge in [-0.25, -0.2) is 0 Å². The standard InChI is InChI=1S/C13H26N2OS/c1-5-11-14-13(3,6-2)12(16)15(11)9-7-8-10-17-4/h11,14H,5-10H2,1-4H3. The molecule has 0 aliphatic carbocycles. The highest BCUT2D eigenvalue weighted by Gasteiger charge is 2.45. The SMILES string of the molecule is CCC1NC(C)(CC)C(=O)N1CCCCSC. The zero-order valence-corrected chi connectivity index (χ0v) is 12.4. The second-order valence-corrected chi connectivity index (χ2v) is 5.94. The summed E-state index contributed by atoms with van der Waals surface area (Å²) in [5, 5.41) is 3.48. The highest BCUT2D eigenvalue weighted by molar-refractivity contribution is 7.98. The summed E-state index contributed by atoms with van der Waals surface area (Å²) in [6, 6.07) is 0. The van der Waals surface area contributed by atoms with E-state index in [0.29, 0.717) is 0 Å². The Labute approximate surface area is 110 Å². The smallest absolute Gasteiger partial charge is 0.243 e. The van der Waals surface area contributed by atoms with Crippen molar-refractivity contribution in [1.29, 1.82) is 0 Å². The largest absolute Gasteiger partial charge is 0.326 e. The van der Waals surface area contributed by atoms with Crippen LogP contribution in [0.4, 0.5) is 0 Å². The third-order valence-electron chi connectivity index (χ3n) is 3.69. The lowest BCUT2D eigenvalue weighted by Crippen LogP contribution is -2.43. The van der Waals surface area contributed by atoms with Gasteiger partial charge in [-0.2, -0.15) is 11.8 Å². The van der Waals surface area contributed by atoms with Crippen molar-refractivity contribution in [3.63, 3.8) is 0 Å². The van der Waals surface area contributed by atoms with Gasteiger partial charge in [0.15, 0.2) is 0 Å². The molecule has 0 saturated carbocycles. The van der Waals surface area contributed by atoms with Gasteiger partial charge in [0, 0.05) is 6.54 Å². The summed E-state index contributed by atoms with van der Waals surface area (Å²) < 4.78 is 0. The van der Waals surface area contributed by atoms with Crippen LogP contribution in [-0.4, -0.2) is 41.1 Å². The molecule has 1 saturated heterocycles. The van der Waals surface area contributed by atoms with E-state index in [-0.39, 0.29) is 17.6 Å². The molecule has 17 heavy (non-hydrogen) atoms. The topological polar surface area (TPSA) is 32.3 Å². The number of nitrogens with zero attached hydrogens (tertiary/aromatic N) is 1. The van der Waals surface area contributed by atoms with E-state index in [0.717, 1.165) is 25.8 Å². The molecule has 1 aliphatic heterocycles. The van der Waals surface area contributed by atoms with E-state index in [4.69, 9.17) is 0 Å². The molecular formula is C13H26N2OS. The molecule has 1 rings (SSSR count). The Morgan fingerprint density at radius 3 is 2.65 bits per heavy atom. The van der Waals surface area contributed by atoms with Gasteiger partial charge in [0.2, 0.25) is 5.91 Å². The number of rotatable bonds is 7. The van der Waals surface area contributed by atoms with E-state index < -0.39 is 0 Å². The van der Waals surface area contributed by atoms with Crippen molar-refractivity contribution in [2.24, 2.45) is 0 Å². The molecule has 0 bridgehead atoms. The van der Waals surface area contributed by atoms with Crippen LogP contribution >= 0.6 is 11.8 Å². The minimum absolute atomic E-state index is 0.238. The van der Waals surface area contributed by atoms with E-state index in [1.807, 2.05) is 23.6 Å². The average molecular weight is 258 g/mol. The molecule has 100 valence electrons. The minimum atomic E-state index is -0.333. The fourth-order valence-corrected chi connectivity index (χ4v) is 2.82. The van der Waals surface area contributed by atoms with Gasteiger partial charge in [-0.15, -0.1) is 0 Å². The van der Waals surface area contributed by atoms with Crippen LogP contribution in [-0.2, 0) is 4.79 Å². The molecule has 1 heterocycles. The van der Waals surface area contributed by atoms with E-state index in [1.165, 1.54) is 12.2 Å². The van der Waals surface area contributed by atoms with Gasteiger partial charge in [0.25, 0.3) is 0 Å². The Hall–Kier alpha value is -0.220. The molecule has 0 radical (unpaired) electrons. The molecule has 3 nitrogen and oxygen atoms in total. The predicted molar refractivity (Wildman–Crippen MR) is 75.2 cm³/mol. The van der Waals surface area contributed by atoms with E-state index in [1.54, 1.807) is 0 Å². The first-order valence-electron chi connectivity index (χ1n) is 6.66. The Morgan fingerprint density at radius 1 is 1.41 bits per heavy atom. The lowest BCUT2D eigenvalue weighted by molar-refractivity contribution is -0.133. The zero-order chi connectivity index (χ0) is 12.9. The first-order chi connectivity index (χ1) is 8.09. The Bertz CT molecular complexity index is 260. The van der Waals surface area contributed by atoms with Gasteiger partial charge in [0.1, 0.15) is 0 Å². The second-order valence-electron chi connectivity index (χ2n) is 4.95. The Balaban J connectivity index is 2.54. The number of nitrogens with one attached hydrogen (secondary N) is 1. The molecule has 0 aromatic rings. The van der Waals surface area contributed by atoms with Crippen molar-refractivity contribution in [3.05, 3.63) is 0 Å². The van der Waals surface area contributed by atoms with Crippen LogP contribution in [0.15, 0.2) is 0 Å². The van der Waals surface area contributed by atoms with Crippen molar-refractivity contribution < 1.29 is 4.79 Å². The molecule has 1 aliphatic rings. The number of unbranched alkanes of at least 4 members (excludes halogenated alkanes) is 1. The van der Waals surface area contributed by atoms with E-state index >= 15 is 0 Å². The maximum atomic E-state index is 12.3. The highest BCUT2D eigenvalue weighted by atomic mass is 32.2. The summed E-state index contributed by atoms with van der Waals surface area (Å²) in [5.41, 5.74) is -0.333. The molecule has 1 fully saturated rings. The number of thioether (sulfide) groups is 1. The van der Waals surface area contributed by atoms with Crippen LogP contribution in [0.5, 0.6) is 0 Å². The lowest BCUT2D eigenvalue weighted by Gasteiger charge is -2.23. The van der Waals surface area contributed by atoms with Crippen molar-refractivity contribution in [3.8, 4) is 0 Å². The minimum Gasteiger partial charge on any atom is -0.326 e. The number of hydrogen-bond acceptors (Lipinski definition) is 3. The maximum Gasteiger partial charge on any atom is 0.243 e. The summed E-state index contributed by atoms with van der Waals surface area (Å²) in [7, 11) is 0. The quantitative estimate of drug-likeness (QED) is 0.712. The van der Waals surface area contributed by atoms with Gasteiger partial charge in [0.05, 0.1) is 11.7 Å². The number of carbonyl (C=O) groups is 1. The molecule has 1 amide bonds. The van der Waals surface area contributed by atoms with Gasteiger partial charge in [-0.1, -0.05) is 13.8 Å². The number of hydrogen-bond donors (Lipinski definition) is 1. The van der Waals surface area contributed by atoms with Crippen LogP contribution in [0.2, 0.25) is 0 Å². The summed E-state index contributed by atoms with van der Waals surface area (Å²) in [4.78, 5) is 14.4. The van der Waals surface area contributed by atoms with Crippen LogP contribution < -0.4 is 5.32 Å². The van der Waals surface area contributed by atoms with Gasteiger partial charge in [-0.05, 0) is 44.6 Å². The molecule has 4 heteroatoms. The van der Waals surface area contributed by atoms with Crippen molar-refractivity contribution in [2.45, 2.75) is 58.2 Å². The molecule has 1 N–H and O–H groups in total. The van der Waals surface area contributed by atoms with Crippen LogP contribution in [0.25, 0.3) is 0 Å². The molecular weight excluding hydrogens is 232 g/mol. The molecule has 0 spiro atoms. The first-order valence-corrected chi connectivity index (χ1v) is 8.06. The van der Waals surface area contributed by atoms with Gasteiger partial charge >= 0.3 is 0 Å². The summed E-state index contributed by atoms with van der Waals surface area (Å²) in [5.74, 6) is 1.48. The predicted octanol–water partition coefficient (Wildman–Crippen LogP) is 2.47. The van der Waals surface area contributed by atoms with Crippen LogP contribution in [0, 0.1) is 0 Å². The summed E-state index contributed by atoms with van der Waals surface area (Å²) in [6.45, 7) is 7.15. The Kier molecular flexibility index (Phi) is 5.80.